The molecule has 1 amide bonds. The summed E-state index contributed by atoms with van der Waals surface area (Å²) >= 11 is 2.04. The standard InChI is InChI=1S/C16H18N2O.C14H20O.C13H21N3.C13H17NO.C13H16O.C13H20O.C13H20S.C12H16O2.C10H15N/c1-16(2,3)12-7-9-13(10-8-12)18-15(19)14-6-4-5-11-17-14;1-14(2,3)10-15-13-8-7-11-5-4-6-12(11)9-13;1-13(2,3)11-5-4-8-16(10-11)12-9-14-6-7-15-12;1-10(13(2,3)4)15-12-7-5-11(9-14)6-8-12;1-9-10-7-5-6-8-11(10)14-12(9)13(2,3)4;1-5-11-8-6-7-9-12(11)14-10-13(2,3)4;1-9-5-6-11-10(7-9)8-12(14-11)13(2,3)4;1-12(2,3)10-7-5-6-9(8-10)11(13)14-4;1-8-6-5-7-9(11-8)10(2,3)4/h4-11H,1-3H3,(H,18,19);7-9H,4-6,10H2,1-3H3;6-7,9,11H,4-5,8,10H2,1-3H3;5-8,10H,1-4H3;5-8H,1-4H3;6-9H,5,10H2,1-4H3;8-9H,5-7H2,1-4H3;5-8H,1-4H3;5-7H,1-4H3. The maximum atomic E-state index is 11.9. The highest BCUT2D eigenvalue weighted by Gasteiger charge is 2.31. The molecule has 1 N–H and O–H groups in total. The van der Waals surface area contributed by atoms with Crippen molar-refractivity contribution in [3.05, 3.63) is 289 Å². The number of anilines is 2. The van der Waals surface area contributed by atoms with Crippen molar-refractivity contribution in [2.75, 3.05) is 43.6 Å². The van der Waals surface area contributed by atoms with E-state index in [1.54, 1.807) is 70.3 Å². The molecule has 0 radical (unpaired) electrons. The van der Waals surface area contributed by atoms with Crippen molar-refractivity contribution in [2.24, 2.45) is 33.5 Å². The quantitative estimate of drug-likeness (QED) is 0.121. The van der Waals surface area contributed by atoms with Crippen LogP contribution in [0, 0.1) is 58.7 Å². The Morgan fingerprint density at radius 2 is 1.20 bits per heavy atom. The van der Waals surface area contributed by atoms with E-state index in [1.807, 2.05) is 109 Å². The van der Waals surface area contributed by atoms with E-state index in [9.17, 15) is 9.59 Å². The third-order valence-electron chi connectivity index (χ3n) is 23.1. The van der Waals surface area contributed by atoms with Crippen LogP contribution < -0.4 is 24.4 Å². The summed E-state index contributed by atoms with van der Waals surface area (Å²) in [5, 5.41) is 12.7. The zero-order valence-electron chi connectivity index (χ0n) is 87.0. The first-order valence-corrected chi connectivity index (χ1v) is 48.5. The summed E-state index contributed by atoms with van der Waals surface area (Å²) in [6, 6.07) is 61.6. The lowest BCUT2D eigenvalue weighted by atomic mass is 9.76. The van der Waals surface area contributed by atoms with Crippen molar-refractivity contribution >= 4 is 45.7 Å². The van der Waals surface area contributed by atoms with Crippen molar-refractivity contribution in [2.45, 2.75) is 313 Å². The lowest BCUT2D eigenvalue weighted by molar-refractivity contribution is 0.0600. The van der Waals surface area contributed by atoms with Crippen LogP contribution in [0.1, 0.15) is 326 Å². The molecule has 0 bridgehead atoms. The number of carbonyl (C=O) groups excluding carboxylic acids is 2. The Morgan fingerprint density at radius 1 is 0.583 bits per heavy atom. The number of thiophene rings is 1. The first-order chi connectivity index (χ1) is 61.5. The van der Waals surface area contributed by atoms with Gasteiger partial charge in [0.1, 0.15) is 46.2 Å². The molecule has 3 aliphatic rings. The molecule has 3 atom stereocenters. The highest BCUT2D eigenvalue weighted by Crippen LogP contribution is 2.40. The Kier molecular flexibility index (Phi) is 41.4. The van der Waals surface area contributed by atoms with E-state index < -0.39 is 0 Å². The molecule has 0 spiro atoms. The lowest BCUT2D eigenvalue weighted by Gasteiger charge is -2.40. The third-order valence-corrected chi connectivity index (χ3v) is 24.8. The second-order valence-corrected chi connectivity index (χ2v) is 46.3. The van der Waals surface area contributed by atoms with Crippen molar-refractivity contribution in [3.63, 3.8) is 0 Å². The molecule has 5 aromatic heterocycles. The smallest absolute Gasteiger partial charge is 0.337 e. The number of benzene rings is 6. The van der Waals surface area contributed by atoms with E-state index in [1.165, 1.54) is 91.7 Å². The predicted molar refractivity (Wildman–Crippen MR) is 557 cm³/mol. The van der Waals surface area contributed by atoms with Crippen LogP contribution in [0.15, 0.2) is 211 Å². The molecular weight excluding hydrogens is 1650 g/mol. The van der Waals surface area contributed by atoms with Gasteiger partial charge in [0.25, 0.3) is 5.91 Å². The summed E-state index contributed by atoms with van der Waals surface area (Å²) in [5.41, 5.74) is 17.0. The van der Waals surface area contributed by atoms with Gasteiger partial charge in [0.05, 0.1) is 43.7 Å². The van der Waals surface area contributed by atoms with Crippen LogP contribution in [0.3, 0.4) is 0 Å². The fourth-order valence-electron chi connectivity index (χ4n) is 14.4. The van der Waals surface area contributed by atoms with Crippen LogP contribution in [0.2, 0.25) is 0 Å². The molecular formula is C117H163N7O7S. The number of rotatable bonds is 11. The van der Waals surface area contributed by atoms with Crippen LogP contribution in [-0.4, -0.2) is 71.3 Å². The Morgan fingerprint density at radius 3 is 1.76 bits per heavy atom. The molecule has 11 aromatic rings. The van der Waals surface area contributed by atoms with Crippen molar-refractivity contribution in [3.8, 4) is 23.3 Å². The number of hydrogen-bond acceptors (Lipinski definition) is 14. The molecule has 6 aromatic carbocycles. The monoisotopic (exact) mass is 1810 g/mol. The van der Waals surface area contributed by atoms with Gasteiger partial charge in [-0.05, 0) is 270 Å². The number of nitrogens with zero attached hydrogens (tertiary/aromatic N) is 6. The molecule has 0 saturated carbocycles. The average Bonchev–Trinajstić information content (AvgIpc) is 1.64. The summed E-state index contributed by atoms with van der Waals surface area (Å²) in [7, 11) is 1.39. The number of amides is 1. The van der Waals surface area contributed by atoms with Crippen molar-refractivity contribution < 1.29 is 33.0 Å². The number of aryl methyl sites for hydroxylation is 6. The van der Waals surface area contributed by atoms with Crippen LogP contribution in [0.4, 0.5) is 11.5 Å². The van der Waals surface area contributed by atoms with Gasteiger partial charge in [-0.25, -0.2) is 9.78 Å². The van der Waals surface area contributed by atoms with Crippen LogP contribution in [0.25, 0.3) is 11.0 Å². The highest BCUT2D eigenvalue weighted by atomic mass is 32.1. The molecule has 1 saturated heterocycles. The van der Waals surface area contributed by atoms with Crippen LogP contribution in [0.5, 0.6) is 17.2 Å². The first kappa shape index (κ1) is 110. The number of carbonyl (C=O) groups is 2. The number of furan rings is 1. The zero-order chi connectivity index (χ0) is 98.4. The zero-order valence-corrected chi connectivity index (χ0v) is 87.8. The van der Waals surface area contributed by atoms with E-state index in [4.69, 9.17) is 23.9 Å². The third kappa shape index (κ3) is 38.3. The van der Waals surface area contributed by atoms with Gasteiger partial charge in [0.2, 0.25) is 0 Å². The summed E-state index contributed by atoms with van der Waals surface area (Å²) in [6.07, 6.45) is 18.5. The number of piperidine rings is 1. The Hall–Kier alpha value is -10.4. The summed E-state index contributed by atoms with van der Waals surface area (Å²) < 4.78 is 27.9. The highest BCUT2D eigenvalue weighted by molar-refractivity contribution is 7.12. The number of fused-ring (bicyclic) bond motifs is 3. The first-order valence-electron chi connectivity index (χ1n) is 47.7. The second-order valence-electron chi connectivity index (χ2n) is 45.1. The Balaban J connectivity index is 0.000000229. The molecule has 714 valence electrons. The number of pyridine rings is 2. The van der Waals surface area contributed by atoms with E-state index in [2.05, 4.69) is 316 Å². The molecule has 3 unspecified atom stereocenters. The molecule has 132 heavy (non-hydrogen) atoms. The fraction of sp³-hybridized carbons (Fsp3) is 0.496. The van der Waals surface area contributed by atoms with Gasteiger partial charge in [0, 0.05) is 74.7 Å². The number of nitriles is 1. The number of aromatic nitrogens is 4. The minimum atomic E-state index is -0.281. The number of para-hydroxylation sites is 2. The molecule has 14 rings (SSSR count). The second kappa shape index (κ2) is 49.5. The molecule has 15 heteroatoms. The van der Waals surface area contributed by atoms with E-state index in [-0.39, 0.29) is 55.9 Å². The minimum absolute atomic E-state index is 0.0596. The molecule has 14 nitrogen and oxygen atoms in total. The fourth-order valence-corrected chi connectivity index (χ4v) is 15.7. The van der Waals surface area contributed by atoms with E-state index in [0.29, 0.717) is 27.7 Å². The number of nitrogens with one attached hydrogen (secondary N) is 1. The number of hydrogen-bond donors (Lipinski definition) is 1. The van der Waals surface area contributed by atoms with Gasteiger partial charge in [-0.15, -0.1) is 11.3 Å². The van der Waals surface area contributed by atoms with Gasteiger partial charge in [-0.1, -0.05) is 280 Å². The summed E-state index contributed by atoms with van der Waals surface area (Å²) in [4.78, 5) is 45.8. The predicted octanol–water partition coefficient (Wildman–Crippen LogP) is 30.7. The van der Waals surface area contributed by atoms with Crippen molar-refractivity contribution in [1.82, 2.24) is 19.9 Å². The molecule has 1 aliphatic heterocycles. The number of ether oxygens (including phenoxy) is 4. The lowest BCUT2D eigenvalue weighted by Crippen LogP contribution is -2.41. The largest absolute Gasteiger partial charge is 0.493 e. The van der Waals surface area contributed by atoms with Gasteiger partial charge in [0.15, 0.2) is 0 Å². The van der Waals surface area contributed by atoms with Crippen molar-refractivity contribution in [1.29, 1.82) is 5.26 Å². The number of methoxy groups -OCH3 is 1. The molecule has 6 heterocycles. The average molecular weight is 1810 g/mol. The van der Waals surface area contributed by atoms with Crippen LogP contribution in [-0.2, 0) is 63.9 Å². The number of esters is 1. The van der Waals surface area contributed by atoms with Gasteiger partial charge in [-0.3, -0.25) is 19.7 Å². The van der Waals surface area contributed by atoms with Crippen LogP contribution >= 0.6 is 11.3 Å². The van der Waals surface area contributed by atoms with E-state index >= 15 is 0 Å². The Bertz CT molecular complexity index is 5350. The van der Waals surface area contributed by atoms with Gasteiger partial charge < -0.3 is 33.6 Å². The SMILES string of the molecule is CC(C)(C)C1CCCN(c2cnccn2)C1.CC(C)(C)COc1ccc2c(c1)CCC2.CC(C)(C)c1ccc(NC(=O)c2ccccn2)cc1.CC(Oc1ccc(C#N)cc1)C(C)(C)C.CC1CCc2sc(C(C)(C)C)cc2C1.CCc1ccccc1OCC(C)(C)C.COC(=O)c1cccc(C(C)(C)C)c1.Cc1c(C(C)(C)C)oc2ccccc12.Cc1cccc(C(C)(C)C)n1. The molecule has 2 aliphatic carbocycles. The van der Waals surface area contributed by atoms with E-state index in [0.717, 1.165) is 102 Å². The minimum Gasteiger partial charge on any atom is -0.493 e. The maximum absolute atomic E-state index is 11.9. The topological polar surface area (TPSA) is 175 Å². The normalized spacial score (nSPS) is 14.5. The summed E-state index contributed by atoms with van der Waals surface area (Å²) in [6.45, 7) is 73.9. The maximum Gasteiger partial charge on any atom is 0.337 e. The Labute approximate surface area is 801 Å². The summed E-state index contributed by atoms with van der Waals surface area (Å²) in [5.74, 6) is 6.18. The van der Waals surface area contributed by atoms with Gasteiger partial charge >= 0.3 is 5.97 Å². The van der Waals surface area contributed by atoms with Gasteiger partial charge in [-0.2, -0.15) is 5.26 Å². The molecule has 1 fully saturated rings.